The smallest absolute Gasteiger partial charge is 0.115 e. The third-order valence-corrected chi connectivity index (χ3v) is 2.88. The summed E-state index contributed by atoms with van der Waals surface area (Å²) in [4.78, 5) is 4.00. The molecule has 0 aliphatic heterocycles. The van der Waals surface area contributed by atoms with Crippen molar-refractivity contribution in [2.45, 2.75) is 25.9 Å². The number of hydrogen-bond donors (Lipinski definition) is 2. The highest BCUT2D eigenvalue weighted by molar-refractivity contribution is 5.26. The van der Waals surface area contributed by atoms with E-state index in [1.165, 1.54) is 11.1 Å². The summed E-state index contributed by atoms with van der Waals surface area (Å²) in [5, 5.41) is 12.7. The highest BCUT2D eigenvalue weighted by Gasteiger charge is 2.03. The fourth-order valence-electron chi connectivity index (χ4n) is 1.85. The van der Waals surface area contributed by atoms with E-state index in [4.69, 9.17) is 0 Å². The predicted molar refractivity (Wildman–Crippen MR) is 72.3 cm³/mol. The molecule has 1 aromatic heterocycles. The summed E-state index contributed by atoms with van der Waals surface area (Å²) in [6.07, 6.45) is 4.56. The molecule has 2 aromatic rings. The number of hydrogen-bond acceptors (Lipinski definition) is 3. The van der Waals surface area contributed by atoms with Crippen LogP contribution >= 0.6 is 0 Å². The number of pyridine rings is 1. The second-order valence-corrected chi connectivity index (χ2v) is 4.51. The fraction of sp³-hybridized carbons (Fsp3) is 0.267. The molecule has 2 rings (SSSR count). The van der Waals surface area contributed by atoms with Crippen LogP contribution in [0.2, 0.25) is 0 Å². The number of benzene rings is 1. The van der Waals surface area contributed by atoms with Gasteiger partial charge in [0.05, 0.1) is 0 Å². The Kier molecular flexibility index (Phi) is 4.31. The van der Waals surface area contributed by atoms with Gasteiger partial charge in [-0.1, -0.05) is 12.1 Å². The normalized spacial score (nSPS) is 12.3. The third-order valence-electron chi connectivity index (χ3n) is 2.88. The first kappa shape index (κ1) is 12.6. The monoisotopic (exact) mass is 242 g/mol. The van der Waals surface area contributed by atoms with E-state index in [2.05, 4.69) is 17.2 Å². The molecule has 0 aliphatic carbocycles. The lowest BCUT2D eigenvalue weighted by Gasteiger charge is -2.14. The summed E-state index contributed by atoms with van der Waals surface area (Å²) < 4.78 is 0. The Morgan fingerprint density at radius 3 is 2.39 bits per heavy atom. The number of phenols is 1. The number of rotatable bonds is 5. The predicted octanol–water partition coefficient (Wildman–Crippen LogP) is 2.51. The summed E-state index contributed by atoms with van der Waals surface area (Å²) in [6.45, 7) is 3.01. The molecule has 0 saturated heterocycles. The zero-order valence-corrected chi connectivity index (χ0v) is 10.5. The summed E-state index contributed by atoms with van der Waals surface area (Å²) in [6, 6.07) is 11.8. The van der Waals surface area contributed by atoms with E-state index in [0.717, 1.165) is 13.0 Å². The van der Waals surface area contributed by atoms with E-state index < -0.39 is 0 Å². The van der Waals surface area contributed by atoms with Gasteiger partial charge in [0.25, 0.3) is 0 Å². The van der Waals surface area contributed by atoms with Crippen LogP contribution in [0.15, 0.2) is 48.8 Å². The average Bonchev–Trinajstić information content (AvgIpc) is 2.40. The van der Waals surface area contributed by atoms with E-state index in [9.17, 15) is 5.11 Å². The van der Waals surface area contributed by atoms with Crippen molar-refractivity contribution in [3.63, 3.8) is 0 Å². The Labute approximate surface area is 108 Å². The van der Waals surface area contributed by atoms with Gasteiger partial charge in [-0.2, -0.15) is 0 Å². The molecule has 2 N–H and O–H groups in total. The minimum atomic E-state index is 0.316. The van der Waals surface area contributed by atoms with Crippen LogP contribution in [0.4, 0.5) is 0 Å². The molecular weight excluding hydrogens is 224 g/mol. The van der Waals surface area contributed by atoms with Crippen LogP contribution in [0.25, 0.3) is 0 Å². The van der Waals surface area contributed by atoms with Crippen LogP contribution in [-0.4, -0.2) is 16.1 Å². The Hall–Kier alpha value is -1.87. The highest BCUT2D eigenvalue weighted by atomic mass is 16.3. The molecule has 1 aromatic carbocycles. The molecule has 0 fully saturated rings. The molecule has 0 bridgehead atoms. The van der Waals surface area contributed by atoms with Gasteiger partial charge in [-0.05, 0) is 48.7 Å². The Morgan fingerprint density at radius 1 is 1.06 bits per heavy atom. The van der Waals surface area contributed by atoms with Crippen molar-refractivity contribution < 1.29 is 5.11 Å². The van der Waals surface area contributed by atoms with Crippen molar-refractivity contribution in [1.82, 2.24) is 10.3 Å². The summed E-state index contributed by atoms with van der Waals surface area (Å²) in [5.74, 6) is 0.316. The van der Waals surface area contributed by atoms with Gasteiger partial charge < -0.3 is 10.4 Å². The molecule has 0 amide bonds. The Bertz CT molecular complexity index is 468. The maximum atomic E-state index is 9.22. The zero-order valence-electron chi connectivity index (χ0n) is 10.5. The molecule has 1 atom stereocenters. The maximum absolute atomic E-state index is 9.22. The molecule has 1 heterocycles. The molecule has 0 radical (unpaired) electrons. The van der Waals surface area contributed by atoms with Gasteiger partial charge in [-0.15, -0.1) is 0 Å². The summed E-state index contributed by atoms with van der Waals surface area (Å²) >= 11 is 0. The van der Waals surface area contributed by atoms with Crippen molar-refractivity contribution in [2.75, 3.05) is 0 Å². The van der Waals surface area contributed by atoms with E-state index in [1.54, 1.807) is 12.1 Å². The van der Waals surface area contributed by atoms with E-state index >= 15 is 0 Å². The van der Waals surface area contributed by atoms with E-state index in [0.29, 0.717) is 11.8 Å². The van der Waals surface area contributed by atoms with Crippen molar-refractivity contribution in [3.8, 4) is 5.75 Å². The lowest BCUT2D eigenvalue weighted by molar-refractivity contribution is 0.474. The average molecular weight is 242 g/mol. The number of nitrogens with one attached hydrogen (secondary N) is 1. The quantitative estimate of drug-likeness (QED) is 0.846. The van der Waals surface area contributed by atoms with Gasteiger partial charge in [0, 0.05) is 25.0 Å². The Morgan fingerprint density at radius 2 is 1.72 bits per heavy atom. The lowest BCUT2D eigenvalue weighted by Crippen LogP contribution is -2.27. The van der Waals surface area contributed by atoms with Crippen molar-refractivity contribution in [3.05, 3.63) is 59.9 Å². The zero-order chi connectivity index (χ0) is 12.8. The van der Waals surface area contributed by atoms with Crippen LogP contribution in [0.5, 0.6) is 5.75 Å². The van der Waals surface area contributed by atoms with Gasteiger partial charge in [0.1, 0.15) is 5.75 Å². The van der Waals surface area contributed by atoms with Gasteiger partial charge in [0.15, 0.2) is 0 Å². The van der Waals surface area contributed by atoms with Crippen LogP contribution in [0.3, 0.4) is 0 Å². The molecule has 1 unspecified atom stereocenters. The summed E-state index contributed by atoms with van der Waals surface area (Å²) in [7, 11) is 0. The number of nitrogens with zero attached hydrogens (tertiary/aromatic N) is 1. The molecule has 94 valence electrons. The second kappa shape index (κ2) is 6.17. The van der Waals surface area contributed by atoms with Gasteiger partial charge in [0.2, 0.25) is 0 Å². The van der Waals surface area contributed by atoms with E-state index in [-0.39, 0.29) is 0 Å². The second-order valence-electron chi connectivity index (χ2n) is 4.51. The van der Waals surface area contributed by atoms with Crippen LogP contribution < -0.4 is 5.32 Å². The molecular formula is C15H18N2O. The Balaban J connectivity index is 1.82. The van der Waals surface area contributed by atoms with Gasteiger partial charge >= 0.3 is 0 Å². The van der Waals surface area contributed by atoms with Crippen molar-refractivity contribution in [1.29, 1.82) is 0 Å². The fourth-order valence-corrected chi connectivity index (χ4v) is 1.85. The number of aromatic hydroxyl groups is 1. The standard InChI is InChI=1S/C15H18N2O/c1-12(10-13-2-4-15(18)5-3-13)17-11-14-6-8-16-9-7-14/h2-9,12,17-18H,10-11H2,1H3. The van der Waals surface area contributed by atoms with Crippen LogP contribution in [0.1, 0.15) is 18.1 Å². The maximum Gasteiger partial charge on any atom is 0.115 e. The summed E-state index contributed by atoms with van der Waals surface area (Å²) in [5.41, 5.74) is 2.46. The molecule has 3 nitrogen and oxygen atoms in total. The van der Waals surface area contributed by atoms with Gasteiger partial charge in [-0.25, -0.2) is 0 Å². The number of aromatic nitrogens is 1. The van der Waals surface area contributed by atoms with Crippen LogP contribution in [0, 0.1) is 0 Å². The van der Waals surface area contributed by atoms with Crippen molar-refractivity contribution in [2.24, 2.45) is 0 Å². The van der Waals surface area contributed by atoms with Gasteiger partial charge in [-0.3, -0.25) is 4.98 Å². The minimum absolute atomic E-state index is 0.316. The third kappa shape index (κ3) is 3.86. The molecule has 0 saturated carbocycles. The number of phenolic OH excluding ortho intramolecular Hbond substituents is 1. The SMILES string of the molecule is CC(Cc1ccc(O)cc1)NCc1ccncc1. The van der Waals surface area contributed by atoms with Crippen molar-refractivity contribution >= 4 is 0 Å². The highest BCUT2D eigenvalue weighted by Crippen LogP contribution is 2.11. The van der Waals surface area contributed by atoms with E-state index in [1.807, 2.05) is 36.7 Å². The molecule has 0 aliphatic rings. The molecule has 3 heteroatoms. The first-order valence-corrected chi connectivity index (χ1v) is 6.14. The van der Waals surface area contributed by atoms with Crippen LogP contribution in [-0.2, 0) is 13.0 Å². The topological polar surface area (TPSA) is 45.1 Å². The minimum Gasteiger partial charge on any atom is -0.508 e. The molecule has 0 spiro atoms. The molecule has 18 heavy (non-hydrogen) atoms. The first-order valence-electron chi connectivity index (χ1n) is 6.14. The first-order chi connectivity index (χ1) is 8.74. The lowest BCUT2D eigenvalue weighted by atomic mass is 10.1. The largest absolute Gasteiger partial charge is 0.508 e.